The van der Waals surface area contributed by atoms with Crippen LogP contribution in [-0.2, 0) is 4.74 Å². The highest BCUT2D eigenvalue weighted by molar-refractivity contribution is 6.30. The molecule has 0 aliphatic carbocycles. The number of fused-ring (bicyclic) bond motifs is 2. The zero-order chi connectivity index (χ0) is 18.8. The molecular formula is C21H22ClFN2O2. The molecule has 4 nitrogen and oxygen atoms in total. The Kier molecular flexibility index (Phi) is 5.32. The molecular weight excluding hydrogens is 367 g/mol. The van der Waals surface area contributed by atoms with Gasteiger partial charge in [0.1, 0.15) is 5.82 Å². The van der Waals surface area contributed by atoms with Gasteiger partial charge in [-0.3, -0.25) is 5.32 Å². The van der Waals surface area contributed by atoms with Crippen LogP contribution >= 0.6 is 11.6 Å². The second kappa shape index (κ2) is 7.87. The van der Waals surface area contributed by atoms with Crippen LogP contribution < -0.4 is 10.6 Å². The Bertz CT molecular complexity index is 833. The lowest BCUT2D eigenvalue weighted by Crippen LogP contribution is -2.39. The highest BCUT2D eigenvalue weighted by Gasteiger charge is 2.33. The second-order valence-electron chi connectivity index (χ2n) is 7.40. The standard InChI is InChI=1S/C21H22ClFN2O2/c22-15-3-1-2-14(10-15)19-7-4-16(23)11-20(19)25-21(26)27-12-13-8-17-5-6-18(9-13)24-17/h1-4,7,10-11,13,17-18,24H,5-6,8-9,12H2,(H,25,26). The Morgan fingerprint density at radius 1 is 1.19 bits per heavy atom. The van der Waals surface area contributed by atoms with Crippen molar-refractivity contribution in [3.8, 4) is 11.1 Å². The van der Waals surface area contributed by atoms with Gasteiger partial charge in [-0.05, 0) is 67.5 Å². The van der Waals surface area contributed by atoms with E-state index in [1.54, 1.807) is 18.2 Å². The fourth-order valence-electron chi connectivity index (χ4n) is 4.18. The maximum absolute atomic E-state index is 13.7. The molecule has 0 aromatic heterocycles. The van der Waals surface area contributed by atoms with Gasteiger partial charge in [0.2, 0.25) is 0 Å². The molecule has 4 rings (SSSR count). The summed E-state index contributed by atoms with van der Waals surface area (Å²) < 4.78 is 19.2. The van der Waals surface area contributed by atoms with Gasteiger partial charge in [-0.1, -0.05) is 23.7 Å². The van der Waals surface area contributed by atoms with Crippen LogP contribution in [0.3, 0.4) is 0 Å². The third-order valence-electron chi connectivity index (χ3n) is 5.37. The van der Waals surface area contributed by atoms with E-state index in [2.05, 4.69) is 10.6 Å². The second-order valence-corrected chi connectivity index (χ2v) is 7.84. The number of benzene rings is 2. The van der Waals surface area contributed by atoms with Crippen LogP contribution in [-0.4, -0.2) is 24.8 Å². The van der Waals surface area contributed by atoms with Gasteiger partial charge in [0, 0.05) is 22.7 Å². The van der Waals surface area contributed by atoms with E-state index < -0.39 is 11.9 Å². The SMILES string of the molecule is O=C(Nc1cc(F)ccc1-c1cccc(Cl)c1)OCC1CC2CCC(C1)N2. The first-order chi connectivity index (χ1) is 13.1. The zero-order valence-corrected chi connectivity index (χ0v) is 15.6. The molecule has 0 saturated carbocycles. The average molecular weight is 389 g/mol. The Balaban J connectivity index is 1.42. The zero-order valence-electron chi connectivity index (χ0n) is 14.9. The lowest BCUT2D eigenvalue weighted by atomic mass is 9.93. The Morgan fingerprint density at radius 2 is 1.96 bits per heavy atom. The van der Waals surface area contributed by atoms with Crippen LogP contribution in [0.4, 0.5) is 14.9 Å². The quantitative estimate of drug-likeness (QED) is 0.754. The number of anilines is 1. The molecule has 2 aromatic rings. The summed E-state index contributed by atoms with van der Waals surface area (Å²) in [5.74, 6) is -0.0413. The topological polar surface area (TPSA) is 50.4 Å². The molecule has 2 N–H and O–H groups in total. The van der Waals surface area contributed by atoms with Gasteiger partial charge in [-0.25, -0.2) is 9.18 Å². The summed E-state index contributed by atoms with van der Waals surface area (Å²) in [6, 6.07) is 12.6. The number of carbonyl (C=O) groups is 1. The van der Waals surface area contributed by atoms with Crippen molar-refractivity contribution < 1.29 is 13.9 Å². The van der Waals surface area contributed by atoms with E-state index in [0.717, 1.165) is 18.4 Å². The minimum absolute atomic E-state index is 0.368. The number of amides is 1. The lowest BCUT2D eigenvalue weighted by molar-refractivity contribution is 0.122. The maximum atomic E-state index is 13.7. The fourth-order valence-corrected chi connectivity index (χ4v) is 4.37. The summed E-state index contributed by atoms with van der Waals surface area (Å²) in [5, 5.41) is 6.84. The smallest absolute Gasteiger partial charge is 0.411 e. The van der Waals surface area contributed by atoms with Gasteiger partial charge in [-0.15, -0.1) is 0 Å². The monoisotopic (exact) mass is 388 g/mol. The molecule has 0 radical (unpaired) electrons. The number of ether oxygens (including phenoxy) is 1. The van der Waals surface area contributed by atoms with E-state index >= 15 is 0 Å². The van der Waals surface area contributed by atoms with Crippen molar-refractivity contribution in [3.63, 3.8) is 0 Å². The van der Waals surface area contributed by atoms with Crippen molar-refractivity contribution in [2.45, 2.75) is 37.8 Å². The normalized spacial score (nSPS) is 23.9. The Labute approximate surface area is 163 Å². The number of piperidine rings is 1. The van der Waals surface area contributed by atoms with Gasteiger partial charge >= 0.3 is 6.09 Å². The average Bonchev–Trinajstić information content (AvgIpc) is 2.98. The van der Waals surface area contributed by atoms with E-state index in [1.165, 1.54) is 25.0 Å². The molecule has 27 heavy (non-hydrogen) atoms. The van der Waals surface area contributed by atoms with Gasteiger partial charge < -0.3 is 10.1 Å². The van der Waals surface area contributed by atoms with Crippen molar-refractivity contribution in [2.75, 3.05) is 11.9 Å². The number of halogens is 2. The first kappa shape index (κ1) is 18.3. The Morgan fingerprint density at radius 3 is 2.70 bits per heavy atom. The molecule has 2 fully saturated rings. The van der Waals surface area contributed by atoms with Gasteiger partial charge in [0.15, 0.2) is 0 Å². The summed E-state index contributed by atoms with van der Waals surface area (Å²) in [7, 11) is 0. The highest BCUT2D eigenvalue weighted by Crippen LogP contribution is 2.32. The van der Waals surface area contributed by atoms with Crippen molar-refractivity contribution in [2.24, 2.45) is 5.92 Å². The predicted octanol–water partition coefficient (Wildman–Crippen LogP) is 5.23. The van der Waals surface area contributed by atoms with Gasteiger partial charge in [-0.2, -0.15) is 0 Å². The molecule has 6 heteroatoms. The van der Waals surface area contributed by atoms with Crippen LogP contribution in [0, 0.1) is 11.7 Å². The number of hydrogen-bond donors (Lipinski definition) is 2. The molecule has 142 valence electrons. The summed E-state index contributed by atoms with van der Waals surface area (Å²) in [6.45, 7) is 0.391. The molecule has 2 aromatic carbocycles. The molecule has 1 amide bonds. The summed E-state index contributed by atoms with van der Waals surface area (Å²) >= 11 is 6.06. The Hall–Kier alpha value is -2.11. The van der Waals surface area contributed by atoms with Gasteiger partial charge in [0.05, 0.1) is 12.3 Å². The van der Waals surface area contributed by atoms with Crippen LogP contribution in [0.2, 0.25) is 5.02 Å². The van der Waals surface area contributed by atoms with Crippen LogP contribution in [0.15, 0.2) is 42.5 Å². The first-order valence-corrected chi connectivity index (χ1v) is 9.70. The number of nitrogens with one attached hydrogen (secondary N) is 2. The fraction of sp³-hybridized carbons (Fsp3) is 0.381. The van der Waals surface area contributed by atoms with Crippen molar-refractivity contribution in [1.29, 1.82) is 0 Å². The number of rotatable bonds is 4. The summed E-state index contributed by atoms with van der Waals surface area (Å²) in [5.41, 5.74) is 1.86. The molecule has 2 unspecified atom stereocenters. The minimum atomic E-state index is -0.560. The third-order valence-corrected chi connectivity index (χ3v) is 5.61. The third kappa shape index (κ3) is 4.42. The minimum Gasteiger partial charge on any atom is -0.449 e. The molecule has 2 bridgehead atoms. The van der Waals surface area contributed by atoms with E-state index in [-0.39, 0.29) is 0 Å². The summed E-state index contributed by atoms with van der Waals surface area (Å²) in [6.07, 6.45) is 3.93. The predicted molar refractivity (Wildman–Crippen MR) is 104 cm³/mol. The van der Waals surface area contributed by atoms with E-state index in [4.69, 9.17) is 16.3 Å². The molecule has 2 saturated heterocycles. The van der Waals surface area contributed by atoms with Crippen molar-refractivity contribution >= 4 is 23.4 Å². The van der Waals surface area contributed by atoms with Gasteiger partial charge in [0.25, 0.3) is 0 Å². The molecule has 2 aliphatic heterocycles. The lowest BCUT2D eigenvalue weighted by Gasteiger charge is -2.28. The van der Waals surface area contributed by atoms with Crippen molar-refractivity contribution in [3.05, 3.63) is 53.3 Å². The maximum Gasteiger partial charge on any atom is 0.411 e. The molecule has 2 atom stereocenters. The van der Waals surface area contributed by atoms with E-state index in [9.17, 15) is 9.18 Å². The summed E-state index contributed by atoms with van der Waals surface area (Å²) in [4.78, 5) is 12.3. The van der Waals surface area contributed by atoms with E-state index in [0.29, 0.717) is 40.9 Å². The van der Waals surface area contributed by atoms with Crippen LogP contribution in [0.25, 0.3) is 11.1 Å². The number of carbonyl (C=O) groups excluding carboxylic acids is 1. The number of hydrogen-bond acceptors (Lipinski definition) is 3. The first-order valence-electron chi connectivity index (χ1n) is 9.32. The highest BCUT2D eigenvalue weighted by atomic mass is 35.5. The van der Waals surface area contributed by atoms with Crippen LogP contribution in [0.1, 0.15) is 25.7 Å². The largest absolute Gasteiger partial charge is 0.449 e. The molecule has 0 spiro atoms. The van der Waals surface area contributed by atoms with Crippen molar-refractivity contribution in [1.82, 2.24) is 5.32 Å². The molecule has 2 heterocycles. The van der Waals surface area contributed by atoms with Crippen LogP contribution in [0.5, 0.6) is 0 Å². The molecule has 2 aliphatic rings. The van der Waals surface area contributed by atoms with E-state index in [1.807, 2.05) is 12.1 Å².